The van der Waals surface area contributed by atoms with Crippen LogP contribution in [0.3, 0.4) is 0 Å². The van der Waals surface area contributed by atoms with Gasteiger partial charge in [0.2, 0.25) is 6.29 Å². The molecule has 0 amide bonds. The summed E-state index contributed by atoms with van der Waals surface area (Å²) in [5, 5.41) is 10.8. The zero-order valence-electron chi connectivity index (χ0n) is 9.97. The molecule has 1 aliphatic rings. The summed E-state index contributed by atoms with van der Waals surface area (Å²) in [6.07, 6.45) is 1.41. The van der Waals surface area contributed by atoms with Gasteiger partial charge in [-0.3, -0.25) is 10.1 Å². The van der Waals surface area contributed by atoms with Gasteiger partial charge >= 0.3 is 0 Å². The predicted octanol–water partition coefficient (Wildman–Crippen LogP) is 3.52. The molecule has 5 nitrogen and oxygen atoms in total. The average Bonchev–Trinajstić information content (AvgIpc) is 2.30. The van der Waals surface area contributed by atoms with E-state index >= 15 is 0 Å². The van der Waals surface area contributed by atoms with Crippen LogP contribution >= 0.6 is 15.9 Å². The molecule has 1 heterocycles. The van der Waals surface area contributed by atoms with Crippen molar-refractivity contribution in [2.75, 3.05) is 6.61 Å². The van der Waals surface area contributed by atoms with E-state index in [1.165, 1.54) is 12.1 Å². The van der Waals surface area contributed by atoms with Gasteiger partial charge in [-0.15, -0.1) is 0 Å². The standard InChI is InChI=1S/C12H12BrNO4/c1-3-17-12-7(2)4-8-5-9(14(15)16)6-10(13)11(8)18-12/h4-6,12H,3H2,1-2H3/t12-/m1/s1. The lowest BCUT2D eigenvalue weighted by atomic mass is 10.1. The average molecular weight is 314 g/mol. The van der Waals surface area contributed by atoms with Crippen molar-refractivity contribution in [3.63, 3.8) is 0 Å². The molecule has 1 atom stereocenters. The Bertz CT molecular complexity index is 527. The van der Waals surface area contributed by atoms with Crippen molar-refractivity contribution in [3.8, 4) is 5.75 Å². The number of nitrogens with zero attached hydrogens (tertiary/aromatic N) is 1. The molecule has 1 aliphatic heterocycles. The predicted molar refractivity (Wildman–Crippen MR) is 70.5 cm³/mol. The second-order valence-corrected chi connectivity index (χ2v) is 4.75. The molecule has 0 saturated carbocycles. The molecule has 0 aromatic heterocycles. The zero-order valence-corrected chi connectivity index (χ0v) is 11.6. The van der Waals surface area contributed by atoms with Gasteiger partial charge in [0, 0.05) is 24.3 Å². The topological polar surface area (TPSA) is 61.6 Å². The Hall–Kier alpha value is -1.40. The summed E-state index contributed by atoms with van der Waals surface area (Å²) < 4.78 is 11.7. The number of nitro groups is 1. The van der Waals surface area contributed by atoms with Crippen LogP contribution in [0, 0.1) is 10.1 Å². The fourth-order valence-electron chi connectivity index (χ4n) is 1.77. The maximum atomic E-state index is 10.8. The third kappa shape index (κ3) is 2.39. The maximum Gasteiger partial charge on any atom is 0.271 e. The van der Waals surface area contributed by atoms with E-state index in [2.05, 4.69) is 15.9 Å². The number of non-ortho nitro benzene ring substituents is 1. The van der Waals surface area contributed by atoms with Gasteiger partial charge < -0.3 is 9.47 Å². The summed E-state index contributed by atoms with van der Waals surface area (Å²) in [6.45, 7) is 4.29. The van der Waals surface area contributed by atoms with E-state index in [1.807, 2.05) is 19.9 Å². The lowest BCUT2D eigenvalue weighted by molar-refractivity contribution is -0.385. The van der Waals surface area contributed by atoms with Gasteiger partial charge in [0.1, 0.15) is 5.75 Å². The molecule has 0 spiro atoms. The smallest absolute Gasteiger partial charge is 0.271 e. The SMILES string of the molecule is CCO[C@@H]1Oc2c(Br)cc([N+](=O)[O-])cc2C=C1C. The maximum absolute atomic E-state index is 10.8. The molecule has 18 heavy (non-hydrogen) atoms. The highest BCUT2D eigenvalue weighted by Crippen LogP contribution is 2.39. The van der Waals surface area contributed by atoms with E-state index < -0.39 is 11.2 Å². The molecule has 96 valence electrons. The summed E-state index contributed by atoms with van der Waals surface area (Å²) in [5.41, 5.74) is 1.60. The van der Waals surface area contributed by atoms with Crippen molar-refractivity contribution in [2.45, 2.75) is 20.1 Å². The second kappa shape index (κ2) is 5.07. The first-order valence-electron chi connectivity index (χ1n) is 5.47. The van der Waals surface area contributed by atoms with E-state index in [0.717, 1.165) is 5.57 Å². The van der Waals surface area contributed by atoms with Crippen LogP contribution in [0.2, 0.25) is 0 Å². The molecule has 1 aromatic rings. The quantitative estimate of drug-likeness (QED) is 0.632. The van der Waals surface area contributed by atoms with Crippen LogP contribution in [0.4, 0.5) is 5.69 Å². The first-order chi connectivity index (χ1) is 8.52. The van der Waals surface area contributed by atoms with Gasteiger partial charge in [-0.2, -0.15) is 0 Å². The largest absolute Gasteiger partial charge is 0.459 e. The van der Waals surface area contributed by atoms with Gasteiger partial charge in [-0.25, -0.2) is 0 Å². The lowest BCUT2D eigenvalue weighted by Crippen LogP contribution is -2.25. The van der Waals surface area contributed by atoms with E-state index in [9.17, 15) is 10.1 Å². The highest BCUT2D eigenvalue weighted by atomic mass is 79.9. The van der Waals surface area contributed by atoms with Crippen LogP contribution < -0.4 is 4.74 Å². The number of hydrogen-bond acceptors (Lipinski definition) is 4. The first-order valence-corrected chi connectivity index (χ1v) is 6.26. The number of hydrogen-bond donors (Lipinski definition) is 0. The third-order valence-corrected chi connectivity index (χ3v) is 3.15. The van der Waals surface area contributed by atoms with Crippen molar-refractivity contribution >= 4 is 27.7 Å². The van der Waals surface area contributed by atoms with Crippen LogP contribution in [0.1, 0.15) is 19.4 Å². The van der Waals surface area contributed by atoms with E-state index in [1.54, 1.807) is 0 Å². The Morgan fingerprint density at radius 1 is 1.56 bits per heavy atom. The van der Waals surface area contributed by atoms with Gasteiger partial charge in [-0.1, -0.05) is 0 Å². The number of ether oxygens (including phenoxy) is 2. The number of fused-ring (bicyclic) bond motifs is 1. The molecule has 0 aliphatic carbocycles. The molecule has 0 bridgehead atoms. The first kappa shape index (κ1) is 13.0. The highest BCUT2D eigenvalue weighted by Gasteiger charge is 2.24. The molecule has 0 saturated heterocycles. The molecular weight excluding hydrogens is 302 g/mol. The Morgan fingerprint density at radius 3 is 2.89 bits per heavy atom. The van der Waals surface area contributed by atoms with Crippen molar-refractivity contribution in [1.82, 2.24) is 0 Å². The minimum absolute atomic E-state index is 0.0307. The minimum Gasteiger partial charge on any atom is -0.459 e. The van der Waals surface area contributed by atoms with Gasteiger partial charge in [0.25, 0.3) is 5.69 Å². The van der Waals surface area contributed by atoms with Gasteiger partial charge in [0.15, 0.2) is 0 Å². The van der Waals surface area contributed by atoms with Crippen LogP contribution in [0.25, 0.3) is 6.08 Å². The fraction of sp³-hybridized carbons (Fsp3) is 0.333. The van der Waals surface area contributed by atoms with Crippen molar-refractivity contribution in [1.29, 1.82) is 0 Å². The fourth-order valence-corrected chi connectivity index (χ4v) is 2.32. The monoisotopic (exact) mass is 313 g/mol. The molecule has 0 unspecified atom stereocenters. The molecular formula is C12H12BrNO4. The second-order valence-electron chi connectivity index (χ2n) is 3.90. The summed E-state index contributed by atoms with van der Waals surface area (Å²) in [5.74, 6) is 0.574. The normalized spacial score (nSPS) is 17.7. The van der Waals surface area contributed by atoms with Gasteiger partial charge in [0.05, 0.1) is 9.40 Å². The third-order valence-electron chi connectivity index (χ3n) is 2.57. The lowest BCUT2D eigenvalue weighted by Gasteiger charge is -2.25. The van der Waals surface area contributed by atoms with E-state index in [0.29, 0.717) is 22.4 Å². The molecule has 0 radical (unpaired) electrons. The molecule has 0 fully saturated rings. The van der Waals surface area contributed by atoms with Crippen molar-refractivity contribution in [2.24, 2.45) is 0 Å². The molecule has 6 heteroatoms. The molecule has 1 aromatic carbocycles. The number of nitro benzene ring substituents is 1. The molecule has 0 N–H and O–H groups in total. The highest BCUT2D eigenvalue weighted by molar-refractivity contribution is 9.10. The number of halogens is 1. The Balaban J connectivity index is 2.45. The Kier molecular flexibility index (Phi) is 3.68. The summed E-state index contributed by atoms with van der Waals surface area (Å²) >= 11 is 3.29. The number of rotatable bonds is 3. The van der Waals surface area contributed by atoms with Crippen LogP contribution in [-0.2, 0) is 4.74 Å². The summed E-state index contributed by atoms with van der Waals surface area (Å²) in [6, 6.07) is 2.92. The number of benzene rings is 1. The van der Waals surface area contributed by atoms with Crippen molar-refractivity contribution < 1.29 is 14.4 Å². The zero-order chi connectivity index (χ0) is 13.3. The molecule has 2 rings (SSSR count). The van der Waals surface area contributed by atoms with E-state index in [-0.39, 0.29) is 5.69 Å². The Morgan fingerprint density at radius 2 is 2.28 bits per heavy atom. The summed E-state index contributed by atoms with van der Waals surface area (Å²) in [4.78, 5) is 10.4. The minimum atomic E-state index is -0.430. The summed E-state index contributed by atoms with van der Waals surface area (Å²) in [7, 11) is 0. The van der Waals surface area contributed by atoms with E-state index in [4.69, 9.17) is 9.47 Å². The van der Waals surface area contributed by atoms with Crippen LogP contribution in [0.15, 0.2) is 22.2 Å². The van der Waals surface area contributed by atoms with Crippen molar-refractivity contribution in [3.05, 3.63) is 37.9 Å². The Labute approximate surface area is 113 Å². The van der Waals surface area contributed by atoms with Gasteiger partial charge in [-0.05, 0) is 41.4 Å². The van der Waals surface area contributed by atoms with Crippen LogP contribution in [0.5, 0.6) is 5.75 Å². The van der Waals surface area contributed by atoms with Crippen LogP contribution in [-0.4, -0.2) is 17.8 Å².